The van der Waals surface area contributed by atoms with Crippen molar-refractivity contribution in [2.24, 2.45) is 5.92 Å². The number of carbonyl (C=O) groups excluding carboxylic acids is 1. The van der Waals surface area contributed by atoms with E-state index in [4.69, 9.17) is 11.6 Å². The first-order chi connectivity index (χ1) is 7.77. The zero-order valence-electron chi connectivity index (χ0n) is 8.74. The van der Waals surface area contributed by atoms with Gasteiger partial charge in [0.25, 0.3) is 0 Å². The molecule has 0 spiro atoms. The Morgan fingerprint density at radius 3 is 2.94 bits per heavy atom. The van der Waals surface area contributed by atoms with E-state index in [0.717, 1.165) is 25.9 Å². The van der Waals surface area contributed by atoms with Gasteiger partial charge in [0, 0.05) is 5.92 Å². The van der Waals surface area contributed by atoms with Crippen molar-refractivity contribution in [2.45, 2.75) is 12.8 Å². The lowest BCUT2D eigenvalue weighted by Crippen LogP contribution is -2.34. The molecule has 0 saturated carbocycles. The van der Waals surface area contributed by atoms with Crippen LogP contribution in [0.3, 0.4) is 0 Å². The number of nitrogens with zero attached hydrogens (tertiary/aromatic N) is 2. The summed E-state index contributed by atoms with van der Waals surface area (Å²) in [6, 6.07) is 0. The molecule has 1 aliphatic heterocycles. The SMILES string of the molecule is O=C(Nc1ncncc1Cl)C1CCNCC1. The van der Waals surface area contributed by atoms with Crippen LogP contribution in [0, 0.1) is 5.92 Å². The second-order valence-electron chi connectivity index (χ2n) is 3.73. The zero-order chi connectivity index (χ0) is 11.4. The van der Waals surface area contributed by atoms with E-state index in [1.54, 1.807) is 0 Å². The van der Waals surface area contributed by atoms with E-state index in [2.05, 4.69) is 20.6 Å². The molecule has 6 heteroatoms. The number of nitrogens with one attached hydrogen (secondary N) is 2. The van der Waals surface area contributed by atoms with Crippen molar-refractivity contribution in [1.82, 2.24) is 15.3 Å². The molecule has 16 heavy (non-hydrogen) atoms. The Morgan fingerprint density at radius 2 is 2.25 bits per heavy atom. The van der Waals surface area contributed by atoms with E-state index in [-0.39, 0.29) is 11.8 Å². The maximum Gasteiger partial charge on any atom is 0.228 e. The molecule has 1 saturated heterocycles. The molecule has 0 radical (unpaired) electrons. The minimum absolute atomic E-state index is 0.0119. The van der Waals surface area contributed by atoms with Crippen LogP contribution in [-0.4, -0.2) is 29.0 Å². The number of aromatic nitrogens is 2. The summed E-state index contributed by atoms with van der Waals surface area (Å²) in [5, 5.41) is 6.31. The predicted octanol–water partition coefficient (Wildman–Crippen LogP) is 1.07. The summed E-state index contributed by atoms with van der Waals surface area (Å²) in [5.74, 6) is 0.426. The Morgan fingerprint density at radius 1 is 1.50 bits per heavy atom. The lowest BCUT2D eigenvalue weighted by Gasteiger charge is -2.21. The molecule has 0 aliphatic carbocycles. The van der Waals surface area contributed by atoms with Gasteiger partial charge in [-0.25, -0.2) is 9.97 Å². The maximum atomic E-state index is 11.9. The molecule has 0 unspecified atom stereocenters. The van der Waals surface area contributed by atoms with Crippen molar-refractivity contribution in [3.63, 3.8) is 0 Å². The lowest BCUT2D eigenvalue weighted by molar-refractivity contribution is -0.120. The minimum atomic E-state index is -0.0119. The van der Waals surface area contributed by atoms with Gasteiger partial charge < -0.3 is 10.6 Å². The number of anilines is 1. The van der Waals surface area contributed by atoms with Crippen LogP contribution in [0.25, 0.3) is 0 Å². The Bertz CT molecular complexity index is 379. The smallest absolute Gasteiger partial charge is 0.228 e. The molecule has 1 fully saturated rings. The van der Waals surface area contributed by atoms with Gasteiger partial charge in [-0.05, 0) is 25.9 Å². The molecular formula is C10H13ClN4O. The van der Waals surface area contributed by atoms with Crippen molar-refractivity contribution in [3.8, 4) is 0 Å². The number of amides is 1. The summed E-state index contributed by atoms with van der Waals surface area (Å²) in [5.41, 5.74) is 0. The second kappa shape index (κ2) is 5.23. The molecule has 0 bridgehead atoms. The number of piperidine rings is 1. The zero-order valence-corrected chi connectivity index (χ0v) is 9.50. The summed E-state index contributed by atoms with van der Waals surface area (Å²) < 4.78 is 0. The highest BCUT2D eigenvalue weighted by Gasteiger charge is 2.21. The molecule has 2 N–H and O–H groups in total. The largest absolute Gasteiger partial charge is 0.317 e. The van der Waals surface area contributed by atoms with Crippen LogP contribution in [-0.2, 0) is 4.79 Å². The molecule has 1 amide bonds. The fourth-order valence-corrected chi connectivity index (χ4v) is 1.86. The lowest BCUT2D eigenvalue weighted by atomic mass is 9.97. The third-order valence-corrected chi connectivity index (χ3v) is 2.90. The van der Waals surface area contributed by atoms with Crippen LogP contribution in [0.1, 0.15) is 12.8 Å². The molecule has 1 aromatic rings. The summed E-state index contributed by atoms with van der Waals surface area (Å²) >= 11 is 5.86. The topological polar surface area (TPSA) is 66.9 Å². The third kappa shape index (κ3) is 2.68. The van der Waals surface area contributed by atoms with Crippen LogP contribution in [0.4, 0.5) is 5.82 Å². The van der Waals surface area contributed by atoms with Crippen LogP contribution in [0.15, 0.2) is 12.5 Å². The van der Waals surface area contributed by atoms with Crippen molar-refractivity contribution >= 4 is 23.3 Å². The Kier molecular flexibility index (Phi) is 3.69. The standard InChI is InChI=1S/C10H13ClN4O/c11-8-5-13-6-14-9(8)15-10(16)7-1-3-12-4-2-7/h5-7,12H,1-4H2,(H,13,14,15,16). The molecule has 5 nitrogen and oxygen atoms in total. The molecule has 2 rings (SSSR count). The van der Waals surface area contributed by atoms with Crippen LogP contribution >= 0.6 is 11.6 Å². The first kappa shape index (κ1) is 11.3. The third-order valence-electron chi connectivity index (χ3n) is 2.62. The summed E-state index contributed by atoms with van der Waals surface area (Å²) in [6.45, 7) is 1.77. The summed E-state index contributed by atoms with van der Waals surface area (Å²) in [6.07, 6.45) is 4.54. The molecule has 1 aromatic heterocycles. The van der Waals surface area contributed by atoms with Crippen molar-refractivity contribution in [2.75, 3.05) is 18.4 Å². The van der Waals surface area contributed by atoms with Crippen LogP contribution in [0.2, 0.25) is 5.02 Å². The van der Waals surface area contributed by atoms with E-state index >= 15 is 0 Å². The Hall–Kier alpha value is -1.20. The summed E-state index contributed by atoms with van der Waals surface area (Å²) in [4.78, 5) is 19.5. The van der Waals surface area contributed by atoms with Gasteiger partial charge in [0.15, 0.2) is 5.82 Å². The molecule has 86 valence electrons. The minimum Gasteiger partial charge on any atom is -0.317 e. The quantitative estimate of drug-likeness (QED) is 0.812. The second-order valence-corrected chi connectivity index (χ2v) is 4.14. The fraction of sp³-hybridized carbons (Fsp3) is 0.500. The number of halogens is 1. The predicted molar refractivity (Wildman–Crippen MR) is 61.3 cm³/mol. The maximum absolute atomic E-state index is 11.9. The van der Waals surface area contributed by atoms with Crippen molar-refractivity contribution in [3.05, 3.63) is 17.5 Å². The van der Waals surface area contributed by atoms with Gasteiger partial charge >= 0.3 is 0 Å². The first-order valence-electron chi connectivity index (χ1n) is 5.24. The van der Waals surface area contributed by atoms with Gasteiger partial charge in [-0.3, -0.25) is 4.79 Å². The number of carbonyl (C=O) groups is 1. The highest BCUT2D eigenvalue weighted by atomic mass is 35.5. The van der Waals surface area contributed by atoms with E-state index in [9.17, 15) is 4.79 Å². The van der Waals surface area contributed by atoms with Crippen molar-refractivity contribution in [1.29, 1.82) is 0 Å². The van der Waals surface area contributed by atoms with Gasteiger partial charge in [0.1, 0.15) is 11.3 Å². The van der Waals surface area contributed by atoms with E-state index in [1.807, 2.05) is 0 Å². The number of rotatable bonds is 2. The monoisotopic (exact) mass is 240 g/mol. The van der Waals surface area contributed by atoms with Crippen LogP contribution in [0.5, 0.6) is 0 Å². The fourth-order valence-electron chi connectivity index (χ4n) is 1.71. The highest BCUT2D eigenvalue weighted by Crippen LogP contribution is 2.19. The van der Waals surface area contributed by atoms with Crippen LogP contribution < -0.4 is 10.6 Å². The van der Waals surface area contributed by atoms with Crippen molar-refractivity contribution < 1.29 is 4.79 Å². The number of hydrogen-bond acceptors (Lipinski definition) is 4. The average Bonchev–Trinajstić information content (AvgIpc) is 2.33. The molecule has 0 aromatic carbocycles. The van der Waals surface area contributed by atoms with Gasteiger partial charge in [0.05, 0.1) is 6.20 Å². The molecular weight excluding hydrogens is 228 g/mol. The van der Waals surface area contributed by atoms with Gasteiger partial charge in [0.2, 0.25) is 5.91 Å². The summed E-state index contributed by atoms with van der Waals surface area (Å²) in [7, 11) is 0. The van der Waals surface area contributed by atoms with Gasteiger partial charge in [-0.2, -0.15) is 0 Å². The molecule has 2 heterocycles. The first-order valence-corrected chi connectivity index (χ1v) is 5.62. The molecule has 1 aliphatic rings. The van der Waals surface area contributed by atoms with E-state index < -0.39 is 0 Å². The van der Waals surface area contributed by atoms with Gasteiger partial charge in [-0.1, -0.05) is 11.6 Å². The van der Waals surface area contributed by atoms with E-state index in [0.29, 0.717) is 10.8 Å². The normalized spacial score (nSPS) is 17.1. The van der Waals surface area contributed by atoms with E-state index in [1.165, 1.54) is 12.5 Å². The Balaban J connectivity index is 1.99. The molecule has 0 atom stereocenters. The highest BCUT2D eigenvalue weighted by molar-refractivity contribution is 6.33. The Labute approximate surface area is 98.6 Å². The number of hydrogen-bond donors (Lipinski definition) is 2. The average molecular weight is 241 g/mol. The van der Waals surface area contributed by atoms with Gasteiger partial charge in [-0.15, -0.1) is 0 Å².